The molecule has 0 aliphatic carbocycles. The summed E-state index contributed by atoms with van der Waals surface area (Å²) in [5.74, 6) is -0.757. The van der Waals surface area contributed by atoms with Crippen LogP contribution in [0.4, 0.5) is 10.1 Å². The summed E-state index contributed by atoms with van der Waals surface area (Å²) >= 11 is 0. The fourth-order valence-electron chi connectivity index (χ4n) is 2.72. The van der Waals surface area contributed by atoms with Gasteiger partial charge < -0.3 is 10.6 Å². The van der Waals surface area contributed by atoms with Gasteiger partial charge in [-0.3, -0.25) is 9.48 Å². The molecule has 0 radical (unpaired) electrons. The monoisotopic (exact) mass is 324 g/mol. The first-order valence-electron chi connectivity index (χ1n) is 6.90. The molecule has 2 atom stereocenters. The van der Waals surface area contributed by atoms with E-state index in [1.807, 2.05) is 13.2 Å². The van der Waals surface area contributed by atoms with E-state index >= 15 is 0 Å². The predicted octanol–water partition coefficient (Wildman–Crippen LogP) is 1.92. The van der Waals surface area contributed by atoms with Crippen LogP contribution in [0.5, 0.6) is 0 Å². The third-order valence-electron chi connectivity index (χ3n) is 3.84. The van der Waals surface area contributed by atoms with Crippen molar-refractivity contribution in [3.05, 3.63) is 48.0 Å². The standard InChI is InChI=1S/C15H17FN4O.ClH/c1-20-9-10(6-18-20)11-7-17-8-12(11)15(21)19-14-5-3-2-4-13(14)16;/h2-6,9,11-12,17H,7-8H2,1H3,(H,19,21);1H/t11-,12+;/m1./s1. The minimum atomic E-state index is -0.422. The Bertz CT molecular complexity index is 660. The van der Waals surface area contributed by atoms with Gasteiger partial charge in [0, 0.05) is 32.3 Å². The molecule has 7 heteroatoms. The lowest BCUT2D eigenvalue weighted by molar-refractivity contribution is -0.119. The fourth-order valence-corrected chi connectivity index (χ4v) is 2.72. The molecule has 1 saturated heterocycles. The molecule has 0 spiro atoms. The first-order valence-corrected chi connectivity index (χ1v) is 6.90. The highest BCUT2D eigenvalue weighted by atomic mass is 35.5. The molecule has 3 rings (SSSR count). The summed E-state index contributed by atoms with van der Waals surface area (Å²) < 4.78 is 15.3. The van der Waals surface area contributed by atoms with Crippen LogP contribution < -0.4 is 10.6 Å². The Morgan fingerprint density at radius 2 is 2.18 bits per heavy atom. The molecule has 0 unspecified atom stereocenters. The number of aromatic nitrogens is 2. The lowest BCUT2D eigenvalue weighted by Gasteiger charge is -2.17. The second kappa shape index (κ2) is 6.89. The maximum atomic E-state index is 13.6. The average molecular weight is 325 g/mol. The van der Waals surface area contributed by atoms with Crippen LogP contribution >= 0.6 is 12.4 Å². The van der Waals surface area contributed by atoms with Gasteiger partial charge in [0.25, 0.3) is 0 Å². The molecule has 1 aliphatic rings. The number of nitrogens with one attached hydrogen (secondary N) is 2. The van der Waals surface area contributed by atoms with Gasteiger partial charge in [-0.25, -0.2) is 4.39 Å². The zero-order chi connectivity index (χ0) is 14.8. The van der Waals surface area contributed by atoms with E-state index in [4.69, 9.17) is 0 Å². The lowest BCUT2D eigenvalue weighted by atomic mass is 9.90. The topological polar surface area (TPSA) is 59.0 Å². The Morgan fingerprint density at radius 1 is 1.41 bits per heavy atom. The number of anilines is 1. The van der Waals surface area contributed by atoms with Crippen LogP contribution in [0.3, 0.4) is 0 Å². The van der Waals surface area contributed by atoms with Crippen molar-refractivity contribution in [2.75, 3.05) is 18.4 Å². The number of hydrogen-bond acceptors (Lipinski definition) is 3. The molecule has 2 N–H and O–H groups in total. The fraction of sp³-hybridized carbons (Fsp3) is 0.333. The summed E-state index contributed by atoms with van der Waals surface area (Å²) in [6, 6.07) is 6.19. The third-order valence-corrected chi connectivity index (χ3v) is 3.84. The van der Waals surface area contributed by atoms with Gasteiger partial charge in [0.05, 0.1) is 17.8 Å². The first-order chi connectivity index (χ1) is 10.1. The molecule has 0 bridgehead atoms. The van der Waals surface area contributed by atoms with Gasteiger partial charge in [0.15, 0.2) is 0 Å². The van der Waals surface area contributed by atoms with Crippen LogP contribution in [-0.2, 0) is 11.8 Å². The second-order valence-corrected chi connectivity index (χ2v) is 5.29. The van der Waals surface area contributed by atoms with Crippen molar-refractivity contribution in [1.82, 2.24) is 15.1 Å². The molecule has 118 valence electrons. The summed E-state index contributed by atoms with van der Waals surface area (Å²) in [5, 5.41) is 10.0. The molecule has 2 heterocycles. The van der Waals surface area contributed by atoms with Crippen LogP contribution in [0, 0.1) is 11.7 Å². The van der Waals surface area contributed by atoms with Crippen LogP contribution in [0.25, 0.3) is 0 Å². The van der Waals surface area contributed by atoms with Crippen LogP contribution in [0.2, 0.25) is 0 Å². The summed E-state index contributed by atoms with van der Waals surface area (Å²) in [7, 11) is 1.85. The smallest absolute Gasteiger partial charge is 0.229 e. The van der Waals surface area contributed by atoms with Gasteiger partial charge in [-0.05, 0) is 17.7 Å². The summed E-state index contributed by atoms with van der Waals surface area (Å²) in [5.41, 5.74) is 1.25. The van der Waals surface area contributed by atoms with E-state index in [0.29, 0.717) is 6.54 Å². The number of carbonyl (C=O) groups is 1. The summed E-state index contributed by atoms with van der Waals surface area (Å²) in [4.78, 5) is 12.4. The number of para-hydroxylation sites is 1. The molecule has 5 nitrogen and oxygen atoms in total. The second-order valence-electron chi connectivity index (χ2n) is 5.29. The van der Waals surface area contributed by atoms with Crippen molar-refractivity contribution < 1.29 is 9.18 Å². The molecule has 1 aromatic carbocycles. The number of halogens is 2. The largest absolute Gasteiger partial charge is 0.323 e. The minimum Gasteiger partial charge on any atom is -0.323 e. The zero-order valence-corrected chi connectivity index (χ0v) is 12.9. The van der Waals surface area contributed by atoms with Gasteiger partial charge >= 0.3 is 0 Å². The Balaban J connectivity index is 0.00000176. The van der Waals surface area contributed by atoms with Crippen molar-refractivity contribution in [2.24, 2.45) is 13.0 Å². The molecule has 2 aromatic rings. The molecular formula is C15H18ClFN4O. The van der Waals surface area contributed by atoms with E-state index in [2.05, 4.69) is 15.7 Å². The molecule has 1 aromatic heterocycles. The molecular weight excluding hydrogens is 307 g/mol. The third kappa shape index (κ3) is 3.28. The van der Waals surface area contributed by atoms with Crippen LogP contribution in [0.15, 0.2) is 36.7 Å². The highest BCUT2D eigenvalue weighted by Gasteiger charge is 2.34. The van der Waals surface area contributed by atoms with Crippen LogP contribution in [0.1, 0.15) is 11.5 Å². The van der Waals surface area contributed by atoms with E-state index < -0.39 is 5.82 Å². The summed E-state index contributed by atoms with van der Waals surface area (Å²) in [6.07, 6.45) is 3.70. The first kappa shape index (κ1) is 16.5. The Hall–Kier alpha value is -1.92. The normalized spacial score (nSPS) is 20.5. The highest BCUT2D eigenvalue weighted by molar-refractivity contribution is 5.93. The number of benzene rings is 1. The zero-order valence-electron chi connectivity index (χ0n) is 12.1. The maximum absolute atomic E-state index is 13.6. The molecule has 22 heavy (non-hydrogen) atoms. The van der Waals surface area contributed by atoms with E-state index in [9.17, 15) is 9.18 Å². The number of rotatable bonds is 3. The maximum Gasteiger partial charge on any atom is 0.229 e. The van der Waals surface area contributed by atoms with Gasteiger partial charge in [0.1, 0.15) is 5.82 Å². The van der Waals surface area contributed by atoms with E-state index in [1.54, 1.807) is 29.1 Å². The Labute approximate surface area is 134 Å². The van der Waals surface area contributed by atoms with Gasteiger partial charge in [-0.1, -0.05) is 12.1 Å². The van der Waals surface area contributed by atoms with E-state index in [1.165, 1.54) is 6.07 Å². The SMILES string of the molecule is Cl.Cn1cc([C@H]2CNC[C@@H]2C(=O)Nc2ccccc2F)cn1. The van der Waals surface area contributed by atoms with Gasteiger partial charge in [-0.2, -0.15) is 5.10 Å². The number of nitrogens with zero attached hydrogens (tertiary/aromatic N) is 2. The minimum absolute atomic E-state index is 0. The Morgan fingerprint density at radius 3 is 2.86 bits per heavy atom. The highest BCUT2D eigenvalue weighted by Crippen LogP contribution is 2.29. The lowest BCUT2D eigenvalue weighted by Crippen LogP contribution is -2.28. The van der Waals surface area contributed by atoms with E-state index in [-0.39, 0.29) is 35.8 Å². The molecule has 1 amide bonds. The number of hydrogen-bond donors (Lipinski definition) is 2. The van der Waals surface area contributed by atoms with Gasteiger partial charge in [-0.15, -0.1) is 12.4 Å². The number of amides is 1. The number of aryl methyl sites for hydroxylation is 1. The molecule has 0 saturated carbocycles. The predicted molar refractivity (Wildman–Crippen MR) is 84.6 cm³/mol. The van der Waals surface area contributed by atoms with Crippen LogP contribution in [-0.4, -0.2) is 28.8 Å². The number of carbonyl (C=O) groups excluding carboxylic acids is 1. The average Bonchev–Trinajstić information content (AvgIpc) is 3.09. The summed E-state index contributed by atoms with van der Waals surface area (Å²) in [6.45, 7) is 1.31. The van der Waals surface area contributed by atoms with E-state index in [0.717, 1.165) is 12.1 Å². The van der Waals surface area contributed by atoms with Crippen molar-refractivity contribution in [3.63, 3.8) is 0 Å². The van der Waals surface area contributed by atoms with Crippen molar-refractivity contribution in [1.29, 1.82) is 0 Å². The van der Waals surface area contributed by atoms with Crippen molar-refractivity contribution >= 4 is 24.0 Å². The van der Waals surface area contributed by atoms with Crippen molar-refractivity contribution in [3.8, 4) is 0 Å². The quantitative estimate of drug-likeness (QED) is 0.907. The Kier molecular flexibility index (Phi) is 5.15. The molecule has 1 fully saturated rings. The molecule has 1 aliphatic heterocycles. The van der Waals surface area contributed by atoms with Crippen molar-refractivity contribution in [2.45, 2.75) is 5.92 Å². The van der Waals surface area contributed by atoms with Gasteiger partial charge in [0.2, 0.25) is 5.91 Å².